The summed E-state index contributed by atoms with van der Waals surface area (Å²) in [5.41, 5.74) is 3.24. The van der Waals surface area contributed by atoms with E-state index in [9.17, 15) is 4.79 Å². The van der Waals surface area contributed by atoms with Crippen molar-refractivity contribution < 1.29 is 9.90 Å². The molecule has 0 spiro atoms. The minimum Gasteiger partial charge on any atom is -0.387 e. The van der Waals surface area contributed by atoms with Gasteiger partial charge in [-0.05, 0) is 61.7 Å². The molecule has 0 atom stereocenters. The number of para-hydroxylation sites is 1. The van der Waals surface area contributed by atoms with Crippen LogP contribution in [0.2, 0.25) is 0 Å². The number of nitrogens with zero attached hydrogens (tertiary/aromatic N) is 4. The second-order valence-electron chi connectivity index (χ2n) is 8.18. The van der Waals surface area contributed by atoms with E-state index in [0.717, 1.165) is 41.1 Å². The summed E-state index contributed by atoms with van der Waals surface area (Å²) in [7, 11) is 1.64. The molecule has 0 aliphatic heterocycles. The molecule has 8 heteroatoms. The van der Waals surface area contributed by atoms with Gasteiger partial charge in [0.2, 0.25) is 5.95 Å². The van der Waals surface area contributed by atoms with Gasteiger partial charge in [0.15, 0.2) is 0 Å². The highest BCUT2D eigenvalue weighted by Gasteiger charge is 2.22. The minimum absolute atomic E-state index is 0.366. The Kier molecular flexibility index (Phi) is 5.66. The zero-order valence-electron chi connectivity index (χ0n) is 18.4. The number of hydrogen-bond donors (Lipinski definition) is 3. The molecule has 1 saturated carbocycles. The summed E-state index contributed by atoms with van der Waals surface area (Å²) >= 11 is 0. The van der Waals surface area contributed by atoms with Crippen LogP contribution in [-0.4, -0.2) is 45.7 Å². The number of rotatable bonds is 7. The van der Waals surface area contributed by atoms with Gasteiger partial charge in [-0.15, -0.1) is 0 Å². The Labute approximate surface area is 191 Å². The van der Waals surface area contributed by atoms with Crippen LogP contribution >= 0.6 is 0 Å². The van der Waals surface area contributed by atoms with Gasteiger partial charge in [0.25, 0.3) is 5.91 Å². The van der Waals surface area contributed by atoms with Gasteiger partial charge in [0.1, 0.15) is 18.1 Å². The SMILES string of the molecule is CN(C(=O)CO)c1ccc(N(c2ccccc2)c2nc(NC3CCC3)c3cc[nH]c3n2)cc1. The third-order valence-corrected chi connectivity index (χ3v) is 6.07. The molecule has 33 heavy (non-hydrogen) atoms. The predicted molar refractivity (Wildman–Crippen MR) is 130 cm³/mol. The third kappa shape index (κ3) is 4.12. The molecule has 0 radical (unpaired) electrons. The van der Waals surface area contributed by atoms with Crippen LogP contribution in [0.25, 0.3) is 11.0 Å². The number of aromatic amines is 1. The molecular formula is C25H26N6O2. The van der Waals surface area contributed by atoms with Crippen LogP contribution < -0.4 is 15.1 Å². The van der Waals surface area contributed by atoms with Crippen molar-refractivity contribution >= 4 is 45.8 Å². The maximum absolute atomic E-state index is 11.9. The van der Waals surface area contributed by atoms with Crippen LogP contribution in [0.15, 0.2) is 66.9 Å². The van der Waals surface area contributed by atoms with Gasteiger partial charge in [0, 0.05) is 36.3 Å². The first-order chi connectivity index (χ1) is 16.1. The first-order valence-electron chi connectivity index (χ1n) is 11.1. The van der Waals surface area contributed by atoms with E-state index < -0.39 is 6.61 Å². The topological polar surface area (TPSA) is 97.4 Å². The number of carbonyl (C=O) groups excluding carboxylic acids is 1. The molecule has 3 N–H and O–H groups in total. The molecule has 2 heterocycles. The van der Waals surface area contributed by atoms with Crippen molar-refractivity contribution in [3.63, 3.8) is 0 Å². The van der Waals surface area contributed by atoms with Gasteiger partial charge in [-0.25, -0.2) is 0 Å². The molecular weight excluding hydrogens is 416 g/mol. The Morgan fingerprint density at radius 2 is 1.73 bits per heavy atom. The average Bonchev–Trinajstić information content (AvgIpc) is 3.31. The number of aliphatic hydroxyl groups excluding tert-OH is 1. The lowest BCUT2D eigenvalue weighted by Crippen LogP contribution is -2.28. The molecule has 1 amide bonds. The number of amides is 1. The Morgan fingerprint density at radius 3 is 2.39 bits per heavy atom. The number of nitrogens with one attached hydrogen (secondary N) is 2. The molecule has 8 nitrogen and oxygen atoms in total. The number of aliphatic hydroxyl groups is 1. The molecule has 168 valence electrons. The second-order valence-corrected chi connectivity index (χ2v) is 8.18. The molecule has 1 aliphatic rings. The zero-order chi connectivity index (χ0) is 22.8. The van der Waals surface area contributed by atoms with E-state index in [4.69, 9.17) is 15.1 Å². The summed E-state index contributed by atoms with van der Waals surface area (Å²) in [6.07, 6.45) is 5.41. The lowest BCUT2D eigenvalue weighted by atomic mass is 9.93. The normalized spacial score (nSPS) is 13.5. The maximum atomic E-state index is 11.9. The van der Waals surface area contributed by atoms with Gasteiger partial charge in [-0.2, -0.15) is 9.97 Å². The maximum Gasteiger partial charge on any atom is 0.252 e. The average molecular weight is 443 g/mol. The molecule has 0 bridgehead atoms. The molecule has 5 rings (SSSR count). The van der Waals surface area contributed by atoms with Gasteiger partial charge >= 0.3 is 0 Å². The molecule has 4 aromatic rings. The number of hydrogen-bond acceptors (Lipinski definition) is 6. The smallest absolute Gasteiger partial charge is 0.252 e. The Hall–Kier alpha value is -3.91. The Bertz CT molecular complexity index is 1250. The van der Waals surface area contributed by atoms with Crippen LogP contribution in [-0.2, 0) is 4.79 Å². The summed E-state index contributed by atoms with van der Waals surface area (Å²) in [5.74, 6) is 1.01. The van der Waals surface area contributed by atoms with Crippen LogP contribution in [0, 0.1) is 0 Å². The van der Waals surface area contributed by atoms with Crippen molar-refractivity contribution in [1.82, 2.24) is 15.0 Å². The summed E-state index contributed by atoms with van der Waals surface area (Å²) < 4.78 is 0. The molecule has 1 fully saturated rings. The quantitative estimate of drug-likeness (QED) is 0.394. The Balaban J connectivity index is 1.58. The van der Waals surface area contributed by atoms with Crippen molar-refractivity contribution in [2.45, 2.75) is 25.3 Å². The van der Waals surface area contributed by atoms with Crippen molar-refractivity contribution in [3.8, 4) is 0 Å². The Morgan fingerprint density at radius 1 is 1.03 bits per heavy atom. The fourth-order valence-electron chi connectivity index (χ4n) is 3.92. The number of anilines is 5. The number of carbonyl (C=O) groups is 1. The van der Waals surface area contributed by atoms with E-state index in [-0.39, 0.29) is 5.91 Å². The fraction of sp³-hybridized carbons (Fsp3) is 0.240. The van der Waals surface area contributed by atoms with E-state index in [0.29, 0.717) is 17.7 Å². The third-order valence-electron chi connectivity index (χ3n) is 6.07. The van der Waals surface area contributed by atoms with Crippen molar-refractivity contribution in [2.75, 3.05) is 28.8 Å². The van der Waals surface area contributed by atoms with E-state index in [1.165, 1.54) is 11.3 Å². The van der Waals surface area contributed by atoms with E-state index in [1.807, 2.05) is 71.8 Å². The first kappa shape index (κ1) is 21.0. The molecule has 1 aliphatic carbocycles. The molecule has 0 saturated heterocycles. The number of fused-ring (bicyclic) bond motifs is 1. The highest BCUT2D eigenvalue weighted by molar-refractivity contribution is 5.94. The first-order valence-corrected chi connectivity index (χ1v) is 11.1. The predicted octanol–water partition coefficient (Wildman–Crippen LogP) is 4.35. The van der Waals surface area contributed by atoms with Crippen LogP contribution in [0.4, 0.5) is 28.8 Å². The fourth-order valence-corrected chi connectivity index (χ4v) is 3.92. The van der Waals surface area contributed by atoms with Crippen LogP contribution in [0.1, 0.15) is 19.3 Å². The van der Waals surface area contributed by atoms with E-state index >= 15 is 0 Å². The van der Waals surface area contributed by atoms with Crippen molar-refractivity contribution in [3.05, 3.63) is 66.9 Å². The largest absolute Gasteiger partial charge is 0.387 e. The minimum atomic E-state index is -0.533. The van der Waals surface area contributed by atoms with E-state index in [1.54, 1.807) is 7.05 Å². The lowest BCUT2D eigenvalue weighted by molar-refractivity contribution is -0.120. The highest BCUT2D eigenvalue weighted by Crippen LogP contribution is 2.36. The van der Waals surface area contributed by atoms with Gasteiger partial charge in [-0.1, -0.05) is 18.2 Å². The van der Waals surface area contributed by atoms with Crippen LogP contribution in [0.5, 0.6) is 0 Å². The standard InChI is InChI=1S/C25H26N6O2/c1-30(22(33)16-32)18-10-12-20(13-11-18)31(19-8-3-2-4-9-19)25-28-23-21(14-15-26-23)24(29-25)27-17-6-5-7-17/h2-4,8-15,17,32H,5-7,16H2,1H3,(H2,26,27,28,29). The number of likely N-dealkylation sites (N-methyl/N-ethyl adjacent to an activating group) is 1. The molecule has 2 aromatic carbocycles. The summed E-state index contributed by atoms with van der Waals surface area (Å²) in [4.78, 5) is 28.3. The zero-order valence-corrected chi connectivity index (χ0v) is 18.4. The number of benzene rings is 2. The van der Waals surface area contributed by atoms with Crippen LogP contribution in [0.3, 0.4) is 0 Å². The monoisotopic (exact) mass is 442 g/mol. The van der Waals surface area contributed by atoms with Gasteiger partial charge in [0.05, 0.1) is 5.39 Å². The summed E-state index contributed by atoms with van der Waals surface area (Å²) in [5, 5.41) is 13.7. The van der Waals surface area contributed by atoms with Crippen molar-refractivity contribution in [2.24, 2.45) is 0 Å². The van der Waals surface area contributed by atoms with E-state index in [2.05, 4.69) is 10.3 Å². The number of aromatic nitrogens is 3. The second kappa shape index (κ2) is 8.91. The highest BCUT2D eigenvalue weighted by atomic mass is 16.3. The lowest BCUT2D eigenvalue weighted by Gasteiger charge is -2.28. The summed E-state index contributed by atoms with van der Waals surface area (Å²) in [6.45, 7) is -0.533. The van der Waals surface area contributed by atoms with Gasteiger partial charge in [-0.3, -0.25) is 9.69 Å². The summed E-state index contributed by atoms with van der Waals surface area (Å²) in [6, 6.07) is 19.9. The molecule has 2 aromatic heterocycles. The van der Waals surface area contributed by atoms with Gasteiger partial charge < -0.3 is 20.3 Å². The molecule has 0 unspecified atom stereocenters. The van der Waals surface area contributed by atoms with Crippen molar-refractivity contribution in [1.29, 1.82) is 0 Å². The number of H-pyrrole nitrogens is 1.